The highest BCUT2D eigenvalue weighted by Crippen LogP contribution is 2.39. The molecule has 0 aromatic heterocycles. The molecule has 0 saturated heterocycles. The van der Waals surface area contributed by atoms with Gasteiger partial charge in [-0.3, -0.25) is 0 Å². The van der Waals surface area contributed by atoms with Gasteiger partial charge in [0.05, 0.1) is 0 Å². The Hall–Kier alpha value is -0.530. The monoisotopic (exact) mass is 251 g/mol. The summed E-state index contributed by atoms with van der Waals surface area (Å²) >= 11 is 5.92. The maximum absolute atomic E-state index is 6.55. The summed E-state index contributed by atoms with van der Waals surface area (Å²) in [4.78, 5) is 0. The second-order valence-electron chi connectivity index (χ2n) is 5.40. The SMILES string of the molecule is CCCC1CCC(N)(c2ccc(Cl)cc2)CC1. The van der Waals surface area contributed by atoms with Crippen LogP contribution in [0.5, 0.6) is 0 Å². The van der Waals surface area contributed by atoms with Gasteiger partial charge in [0.2, 0.25) is 0 Å². The lowest BCUT2D eigenvalue weighted by molar-refractivity contribution is 0.226. The van der Waals surface area contributed by atoms with Gasteiger partial charge < -0.3 is 5.73 Å². The van der Waals surface area contributed by atoms with Crippen LogP contribution < -0.4 is 5.73 Å². The van der Waals surface area contributed by atoms with E-state index in [4.69, 9.17) is 17.3 Å². The van der Waals surface area contributed by atoms with Crippen molar-refractivity contribution in [1.29, 1.82) is 0 Å². The van der Waals surface area contributed by atoms with Gasteiger partial charge in [0.1, 0.15) is 0 Å². The molecule has 2 rings (SSSR count). The van der Waals surface area contributed by atoms with E-state index in [0.717, 1.165) is 23.8 Å². The summed E-state index contributed by atoms with van der Waals surface area (Å²) in [6.45, 7) is 2.27. The molecule has 17 heavy (non-hydrogen) atoms. The minimum Gasteiger partial charge on any atom is -0.321 e. The van der Waals surface area contributed by atoms with Gasteiger partial charge in [-0.2, -0.15) is 0 Å². The van der Waals surface area contributed by atoms with Crippen molar-refractivity contribution < 1.29 is 0 Å². The molecule has 0 amide bonds. The molecular weight excluding hydrogens is 230 g/mol. The van der Waals surface area contributed by atoms with Crippen LogP contribution in [0, 0.1) is 5.92 Å². The normalized spacial score (nSPS) is 29.2. The topological polar surface area (TPSA) is 26.0 Å². The lowest BCUT2D eigenvalue weighted by Gasteiger charge is -2.37. The first kappa shape index (κ1) is 12.9. The third-order valence-corrected chi connectivity index (χ3v) is 4.37. The van der Waals surface area contributed by atoms with Crippen molar-refractivity contribution in [3.05, 3.63) is 34.9 Å². The highest BCUT2D eigenvalue weighted by Gasteiger charge is 2.32. The number of nitrogens with two attached hydrogens (primary N) is 1. The van der Waals surface area contributed by atoms with E-state index >= 15 is 0 Å². The zero-order valence-electron chi connectivity index (χ0n) is 10.6. The Morgan fingerprint density at radius 2 is 1.82 bits per heavy atom. The van der Waals surface area contributed by atoms with Crippen molar-refractivity contribution in [3.63, 3.8) is 0 Å². The molecule has 1 saturated carbocycles. The molecule has 0 spiro atoms. The molecule has 0 bridgehead atoms. The Balaban J connectivity index is 2.04. The number of hydrogen-bond acceptors (Lipinski definition) is 1. The highest BCUT2D eigenvalue weighted by atomic mass is 35.5. The molecule has 0 atom stereocenters. The lowest BCUT2D eigenvalue weighted by Crippen LogP contribution is -2.40. The second kappa shape index (κ2) is 5.41. The zero-order valence-corrected chi connectivity index (χ0v) is 11.3. The van der Waals surface area contributed by atoms with Crippen LogP contribution >= 0.6 is 11.6 Å². The largest absolute Gasteiger partial charge is 0.321 e. The summed E-state index contributed by atoms with van der Waals surface area (Å²) < 4.78 is 0. The fourth-order valence-electron chi connectivity index (χ4n) is 2.96. The molecule has 1 aliphatic carbocycles. The Morgan fingerprint density at radius 1 is 1.24 bits per heavy atom. The molecule has 0 radical (unpaired) electrons. The van der Waals surface area contributed by atoms with Crippen LogP contribution in [0.2, 0.25) is 5.02 Å². The van der Waals surface area contributed by atoms with Crippen LogP contribution in [0.1, 0.15) is 51.0 Å². The molecular formula is C15H22ClN. The van der Waals surface area contributed by atoms with Crippen LogP contribution in [0.3, 0.4) is 0 Å². The van der Waals surface area contributed by atoms with E-state index in [0.29, 0.717) is 0 Å². The van der Waals surface area contributed by atoms with E-state index in [1.165, 1.54) is 31.2 Å². The van der Waals surface area contributed by atoms with Crippen molar-refractivity contribution in [2.75, 3.05) is 0 Å². The standard InChI is InChI=1S/C15H22ClN/c1-2-3-12-8-10-15(17,11-9-12)13-4-6-14(16)7-5-13/h4-7,12H,2-3,8-11,17H2,1H3. The van der Waals surface area contributed by atoms with Crippen molar-refractivity contribution in [3.8, 4) is 0 Å². The quantitative estimate of drug-likeness (QED) is 0.842. The predicted molar refractivity (Wildman–Crippen MR) is 74.2 cm³/mol. The van der Waals surface area contributed by atoms with Crippen LogP contribution in [0.15, 0.2) is 24.3 Å². The molecule has 1 aliphatic rings. The van der Waals surface area contributed by atoms with E-state index in [9.17, 15) is 0 Å². The fourth-order valence-corrected chi connectivity index (χ4v) is 3.09. The number of halogens is 1. The van der Waals surface area contributed by atoms with Gasteiger partial charge in [0, 0.05) is 10.6 Å². The maximum Gasteiger partial charge on any atom is 0.0409 e. The minimum absolute atomic E-state index is 0.116. The summed E-state index contributed by atoms with van der Waals surface area (Å²) in [7, 11) is 0. The number of rotatable bonds is 3. The maximum atomic E-state index is 6.55. The van der Waals surface area contributed by atoms with Gasteiger partial charge in [0.15, 0.2) is 0 Å². The summed E-state index contributed by atoms with van der Waals surface area (Å²) in [5.74, 6) is 0.893. The molecule has 1 fully saturated rings. The lowest BCUT2D eigenvalue weighted by atomic mass is 9.72. The van der Waals surface area contributed by atoms with Gasteiger partial charge in [0.25, 0.3) is 0 Å². The van der Waals surface area contributed by atoms with Gasteiger partial charge in [-0.15, -0.1) is 0 Å². The number of benzene rings is 1. The third-order valence-electron chi connectivity index (χ3n) is 4.11. The zero-order chi connectivity index (χ0) is 12.3. The van der Waals surface area contributed by atoms with E-state index < -0.39 is 0 Å². The second-order valence-corrected chi connectivity index (χ2v) is 5.83. The average Bonchev–Trinajstić information content (AvgIpc) is 2.33. The van der Waals surface area contributed by atoms with Gasteiger partial charge in [-0.25, -0.2) is 0 Å². The summed E-state index contributed by atoms with van der Waals surface area (Å²) in [6.07, 6.45) is 7.42. The first-order valence-electron chi connectivity index (χ1n) is 6.69. The molecule has 0 heterocycles. The molecule has 1 aromatic rings. The van der Waals surface area contributed by atoms with Crippen LogP contribution in [-0.2, 0) is 5.54 Å². The molecule has 1 aromatic carbocycles. The molecule has 1 nitrogen and oxygen atoms in total. The van der Waals surface area contributed by atoms with Gasteiger partial charge in [-0.1, -0.05) is 43.5 Å². The smallest absolute Gasteiger partial charge is 0.0409 e. The highest BCUT2D eigenvalue weighted by molar-refractivity contribution is 6.30. The molecule has 2 heteroatoms. The van der Waals surface area contributed by atoms with E-state index in [1.54, 1.807) is 0 Å². The Kier molecular flexibility index (Phi) is 4.11. The Labute approximate surface area is 109 Å². The van der Waals surface area contributed by atoms with Gasteiger partial charge in [-0.05, 0) is 49.3 Å². The van der Waals surface area contributed by atoms with Crippen molar-refractivity contribution in [1.82, 2.24) is 0 Å². The van der Waals surface area contributed by atoms with Crippen molar-refractivity contribution >= 4 is 11.6 Å². The van der Waals surface area contributed by atoms with Crippen LogP contribution in [-0.4, -0.2) is 0 Å². The molecule has 0 unspecified atom stereocenters. The number of hydrogen-bond donors (Lipinski definition) is 1. The minimum atomic E-state index is -0.116. The summed E-state index contributed by atoms with van der Waals surface area (Å²) in [5.41, 5.74) is 7.68. The Bertz CT molecular complexity index is 350. The Morgan fingerprint density at radius 3 is 2.35 bits per heavy atom. The van der Waals surface area contributed by atoms with E-state index in [1.807, 2.05) is 12.1 Å². The molecule has 2 N–H and O–H groups in total. The first-order chi connectivity index (χ1) is 8.14. The van der Waals surface area contributed by atoms with Crippen LogP contribution in [0.4, 0.5) is 0 Å². The van der Waals surface area contributed by atoms with Crippen molar-refractivity contribution in [2.45, 2.75) is 51.0 Å². The third kappa shape index (κ3) is 3.02. The molecule has 0 aliphatic heterocycles. The van der Waals surface area contributed by atoms with Crippen LogP contribution in [0.25, 0.3) is 0 Å². The van der Waals surface area contributed by atoms with E-state index in [2.05, 4.69) is 19.1 Å². The predicted octanol–water partition coefficient (Wildman–Crippen LogP) is 4.48. The van der Waals surface area contributed by atoms with E-state index in [-0.39, 0.29) is 5.54 Å². The fraction of sp³-hybridized carbons (Fsp3) is 0.600. The summed E-state index contributed by atoms with van der Waals surface area (Å²) in [5, 5.41) is 0.789. The van der Waals surface area contributed by atoms with Crippen molar-refractivity contribution in [2.24, 2.45) is 11.7 Å². The average molecular weight is 252 g/mol. The molecule has 94 valence electrons. The summed E-state index contributed by atoms with van der Waals surface area (Å²) in [6, 6.07) is 8.07. The first-order valence-corrected chi connectivity index (χ1v) is 7.07. The van der Waals surface area contributed by atoms with Gasteiger partial charge >= 0.3 is 0 Å².